The van der Waals surface area contributed by atoms with E-state index in [1.54, 1.807) is 12.1 Å². The Hall–Kier alpha value is -1.63. The Balaban J connectivity index is 1.76. The van der Waals surface area contributed by atoms with Crippen LogP contribution >= 0.6 is 35.2 Å². The molecule has 0 atom stereocenters. The number of rotatable bonds is 3. The first-order valence-corrected chi connectivity index (χ1v) is 7.44. The lowest BCUT2D eigenvalue weighted by Gasteiger charge is -2.11. The zero-order valence-corrected chi connectivity index (χ0v) is 12.7. The van der Waals surface area contributed by atoms with E-state index < -0.39 is 0 Å². The van der Waals surface area contributed by atoms with Gasteiger partial charge in [-0.05, 0) is 41.9 Å². The molecular weight excluding hydrogens is 314 g/mol. The van der Waals surface area contributed by atoms with Gasteiger partial charge < -0.3 is 5.32 Å². The fraction of sp³-hybridized carbons (Fsp3) is 0.0769. The number of benzene rings is 1. The van der Waals surface area contributed by atoms with Crippen LogP contribution in [-0.4, -0.2) is 11.0 Å². The van der Waals surface area contributed by atoms with Crippen LogP contribution in [0.1, 0.15) is 4.88 Å². The van der Waals surface area contributed by atoms with E-state index in [2.05, 4.69) is 16.2 Å². The summed E-state index contributed by atoms with van der Waals surface area (Å²) in [6.07, 6.45) is 0.324. The molecule has 1 aromatic carbocycles. The number of halogens is 1. The third kappa shape index (κ3) is 4.80. The molecule has 0 unspecified atom stereocenters. The maximum atomic E-state index is 11.6. The summed E-state index contributed by atoms with van der Waals surface area (Å²) in [6, 6.07) is 11.0. The highest BCUT2D eigenvalue weighted by Crippen LogP contribution is 2.14. The molecule has 1 aromatic heterocycles. The third-order valence-corrected chi connectivity index (χ3v) is 3.63. The lowest BCUT2D eigenvalue weighted by atomic mass is 10.3. The Morgan fingerprint density at radius 2 is 2.10 bits per heavy atom. The van der Waals surface area contributed by atoms with Crippen LogP contribution in [0, 0.1) is 0 Å². The van der Waals surface area contributed by atoms with Gasteiger partial charge in [0, 0.05) is 15.6 Å². The van der Waals surface area contributed by atoms with Crippen molar-refractivity contribution >= 4 is 51.9 Å². The van der Waals surface area contributed by atoms with Crippen molar-refractivity contribution in [3.8, 4) is 0 Å². The second kappa shape index (κ2) is 7.23. The predicted molar refractivity (Wildman–Crippen MR) is 87.0 cm³/mol. The predicted octanol–water partition coefficient (Wildman–Crippen LogP) is 2.96. The largest absolute Gasteiger partial charge is 0.331 e. The number of carbonyl (C=O) groups is 1. The zero-order chi connectivity index (χ0) is 14.4. The normalized spacial score (nSPS) is 9.85. The minimum Gasteiger partial charge on any atom is -0.331 e. The zero-order valence-electron chi connectivity index (χ0n) is 10.4. The highest BCUT2D eigenvalue weighted by Gasteiger charge is 2.04. The van der Waals surface area contributed by atoms with E-state index in [1.807, 2.05) is 29.6 Å². The van der Waals surface area contributed by atoms with Crippen LogP contribution in [0.15, 0.2) is 41.8 Å². The van der Waals surface area contributed by atoms with Gasteiger partial charge in [0.05, 0.1) is 6.42 Å². The van der Waals surface area contributed by atoms with E-state index in [9.17, 15) is 4.79 Å². The molecule has 0 saturated carbocycles. The van der Waals surface area contributed by atoms with E-state index in [-0.39, 0.29) is 5.91 Å². The van der Waals surface area contributed by atoms with Crippen LogP contribution in [-0.2, 0) is 11.2 Å². The summed E-state index contributed by atoms with van der Waals surface area (Å²) < 4.78 is 0. The van der Waals surface area contributed by atoms with Crippen molar-refractivity contribution in [1.29, 1.82) is 0 Å². The lowest BCUT2D eigenvalue weighted by molar-refractivity contribution is -0.120. The summed E-state index contributed by atoms with van der Waals surface area (Å²) in [5.41, 5.74) is 5.93. The molecule has 0 aliphatic rings. The minimum absolute atomic E-state index is 0.150. The summed E-state index contributed by atoms with van der Waals surface area (Å²) in [5.74, 6) is -0.150. The quantitative estimate of drug-likeness (QED) is 0.600. The summed E-state index contributed by atoms with van der Waals surface area (Å²) in [4.78, 5) is 12.6. The second-order valence-corrected chi connectivity index (χ2v) is 5.77. The molecule has 1 heterocycles. The van der Waals surface area contributed by atoms with Crippen molar-refractivity contribution in [1.82, 2.24) is 10.9 Å². The van der Waals surface area contributed by atoms with Gasteiger partial charge in [0.15, 0.2) is 5.11 Å². The highest BCUT2D eigenvalue weighted by atomic mass is 35.5. The monoisotopic (exact) mass is 325 g/mol. The fourth-order valence-corrected chi connectivity index (χ4v) is 2.53. The smallest absolute Gasteiger partial charge is 0.243 e. The molecule has 0 spiro atoms. The van der Waals surface area contributed by atoms with Crippen molar-refractivity contribution in [2.75, 3.05) is 5.32 Å². The molecule has 2 aromatic rings. The maximum Gasteiger partial charge on any atom is 0.243 e. The van der Waals surface area contributed by atoms with Crippen LogP contribution in [0.2, 0.25) is 5.02 Å². The SMILES string of the molecule is O=C(Cc1cccs1)NNC(=S)Nc1cccc(Cl)c1. The van der Waals surface area contributed by atoms with E-state index in [0.29, 0.717) is 16.6 Å². The van der Waals surface area contributed by atoms with E-state index in [4.69, 9.17) is 23.8 Å². The molecule has 0 aliphatic carbocycles. The van der Waals surface area contributed by atoms with Gasteiger partial charge in [-0.1, -0.05) is 23.7 Å². The summed E-state index contributed by atoms with van der Waals surface area (Å²) in [5, 5.41) is 5.76. The number of thiophene rings is 1. The molecule has 7 heteroatoms. The molecule has 0 saturated heterocycles. The number of thiocarbonyl (C=S) groups is 1. The molecule has 4 nitrogen and oxygen atoms in total. The number of nitrogens with one attached hydrogen (secondary N) is 3. The number of hydrazine groups is 1. The topological polar surface area (TPSA) is 53.2 Å². The molecule has 20 heavy (non-hydrogen) atoms. The Morgan fingerprint density at radius 1 is 1.25 bits per heavy atom. The van der Waals surface area contributed by atoms with Crippen LogP contribution in [0.5, 0.6) is 0 Å². The first-order chi connectivity index (χ1) is 9.63. The van der Waals surface area contributed by atoms with E-state index in [0.717, 1.165) is 10.6 Å². The molecule has 0 radical (unpaired) electrons. The standard InChI is InChI=1S/C13H12ClN3OS2/c14-9-3-1-4-10(7-9)15-13(19)17-16-12(18)8-11-5-2-6-20-11/h1-7H,8H2,(H,16,18)(H2,15,17,19). The van der Waals surface area contributed by atoms with Crippen molar-refractivity contribution in [2.24, 2.45) is 0 Å². The Kier molecular flexibility index (Phi) is 5.34. The van der Waals surface area contributed by atoms with E-state index >= 15 is 0 Å². The molecule has 104 valence electrons. The van der Waals surface area contributed by atoms with Crippen LogP contribution in [0.4, 0.5) is 5.69 Å². The average molecular weight is 326 g/mol. The number of carbonyl (C=O) groups excluding carboxylic acids is 1. The van der Waals surface area contributed by atoms with Gasteiger partial charge >= 0.3 is 0 Å². The van der Waals surface area contributed by atoms with Crippen LogP contribution in [0.25, 0.3) is 0 Å². The number of amides is 1. The maximum absolute atomic E-state index is 11.6. The van der Waals surface area contributed by atoms with Gasteiger partial charge in [-0.15, -0.1) is 11.3 Å². The van der Waals surface area contributed by atoms with E-state index in [1.165, 1.54) is 11.3 Å². The van der Waals surface area contributed by atoms with Crippen LogP contribution < -0.4 is 16.2 Å². The fourth-order valence-electron chi connectivity index (χ4n) is 1.47. The van der Waals surface area contributed by atoms with Crippen molar-refractivity contribution in [2.45, 2.75) is 6.42 Å². The first kappa shape index (κ1) is 14.8. The van der Waals surface area contributed by atoms with Gasteiger partial charge in [0.1, 0.15) is 0 Å². The Labute approximate surface area is 131 Å². The first-order valence-electron chi connectivity index (χ1n) is 5.77. The average Bonchev–Trinajstić information content (AvgIpc) is 2.89. The van der Waals surface area contributed by atoms with Gasteiger partial charge in [0.2, 0.25) is 5.91 Å². The summed E-state index contributed by atoms with van der Waals surface area (Å²) >= 11 is 12.5. The van der Waals surface area contributed by atoms with Gasteiger partial charge in [-0.2, -0.15) is 0 Å². The molecular formula is C13H12ClN3OS2. The number of hydrogen-bond donors (Lipinski definition) is 3. The second-order valence-electron chi connectivity index (χ2n) is 3.89. The van der Waals surface area contributed by atoms with Crippen molar-refractivity contribution < 1.29 is 4.79 Å². The van der Waals surface area contributed by atoms with Crippen molar-refractivity contribution in [3.63, 3.8) is 0 Å². The third-order valence-electron chi connectivity index (χ3n) is 2.31. The highest BCUT2D eigenvalue weighted by molar-refractivity contribution is 7.80. The summed E-state index contributed by atoms with van der Waals surface area (Å²) in [7, 11) is 0. The Bertz CT molecular complexity index is 601. The van der Waals surface area contributed by atoms with Crippen molar-refractivity contribution in [3.05, 3.63) is 51.7 Å². The molecule has 2 rings (SSSR count). The number of anilines is 1. The summed E-state index contributed by atoms with van der Waals surface area (Å²) in [6.45, 7) is 0. The minimum atomic E-state index is -0.150. The molecule has 0 bridgehead atoms. The number of hydrogen-bond acceptors (Lipinski definition) is 3. The molecule has 1 amide bonds. The van der Waals surface area contributed by atoms with Gasteiger partial charge in [-0.3, -0.25) is 15.6 Å². The molecule has 3 N–H and O–H groups in total. The molecule has 0 fully saturated rings. The van der Waals surface area contributed by atoms with Gasteiger partial charge in [0.25, 0.3) is 0 Å². The lowest BCUT2D eigenvalue weighted by Crippen LogP contribution is -2.44. The van der Waals surface area contributed by atoms with Gasteiger partial charge in [-0.25, -0.2) is 0 Å². The van der Waals surface area contributed by atoms with Crippen LogP contribution in [0.3, 0.4) is 0 Å². The Morgan fingerprint density at radius 3 is 2.80 bits per heavy atom. The molecule has 0 aliphatic heterocycles.